The lowest BCUT2D eigenvalue weighted by molar-refractivity contribution is -0.125. The first-order valence-electron chi connectivity index (χ1n) is 8.89. The van der Waals surface area contributed by atoms with E-state index in [9.17, 15) is 4.79 Å². The van der Waals surface area contributed by atoms with Gasteiger partial charge in [-0.15, -0.1) is 11.8 Å². The molecule has 7 heteroatoms. The fraction of sp³-hybridized carbons (Fsp3) is 0.579. The maximum atomic E-state index is 13.1. The molecule has 0 bridgehead atoms. The summed E-state index contributed by atoms with van der Waals surface area (Å²) in [6, 6.07) is 4.14. The number of piperidine rings is 1. The highest BCUT2D eigenvalue weighted by Gasteiger charge is 2.77. The zero-order valence-corrected chi connectivity index (χ0v) is 18.8. The van der Waals surface area contributed by atoms with E-state index in [0.717, 1.165) is 29.5 Å². The standard InChI is InChI=1S/C19H25IN4OS/c1-11-7-6-8-24-12(11)15(26-5)22-16(24)17(2,3)23-14(25)13-18(4)9-21-10-19(13,18)20/h6-8,13,21H,9-10H2,1-5H3,(H,23,25)/t13-,18-,19?/m1/s1. The molecule has 5 nitrogen and oxygen atoms in total. The molecule has 3 atom stereocenters. The minimum absolute atomic E-state index is 0.0423. The SMILES string of the molecule is CSc1nc(C(C)(C)NC(=O)[C@H]2C3(I)CNC[C@]23C)n2cccc(C)c12. The van der Waals surface area contributed by atoms with Crippen molar-refractivity contribution in [1.82, 2.24) is 20.0 Å². The number of thioether (sulfide) groups is 1. The lowest BCUT2D eigenvalue weighted by Crippen LogP contribution is -2.45. The van der Waals surface area contributed by atoms with E-state index in [2.05, 4.69) is 57.5 Å². The van der Waals surface area contributed by atoms with Crippen LogP contribution < -0.4 is 10.6 Å². The largest absolute Gasteiger partial charge is 0.344 e. The summed E-state index contributed by atoms with van der Waals surface area (Å²) in [7, 11) is 0. The molecule has 1 aliphatic heterocycles. The number of hydrogen-bond donors (Lipinski definition) is 2. The molecule has 2 aromatic heterocycles. The predicted molar refractivity (Wildman–Crippen MR) is 114 cm³/mol. The van der Waals surface area contributed by atoms with Gasteiger partial charge in [-0.3, -0.25) is 4.79 Å². The van der Waals surface area contributed by atoms with Gasteiger partial charge < -0.3 is 15.0 Å². The van der Waals surface area contributed by atoms with Crippen molar-refractivity contribution >= 4 is 45.8 Å². The Kier molecular flexibility index (Phi) is 4.17. The number of hydrogen-bond acceptors (Lipinski definition) is 4. The summed E-state index contributed by atoms with van der Waals surface area (Å²) in [6.07, 6.45) is 4.08. The molecule has 26 heavy (non-hydrogen) atoms. The van der Waals surface area contributed by atoms with Crippen LogP contribution in [-0.2, 0) is 10.3 Å². The van der Waals surface area contributed by atoms with Crippen LogP contribution in [0.1, 0.15) is 32.2 Å². The van der Waals surface area contributed by atoms with E-state index in [1.807, 2.05) is 32.4 Å². The van der Waals surface area contributed by atoms with Crippen molar-refractivity contribution in [3.05, 3.63) is 29.7 Å². The fourth-order valence-corrected chi connectivity index (χ4v) is 6.77. The van der Waals surface area contributed by atoms with E-state index in [0.29, 0.717) is 0 Å². The average molecular weight is 484 g/mol. The molecular weight excluding hydrogens is 459 g/mol. The van der Waals surface area contributed by atoms with E-state index >= 15 is 0 Å². The van der Waals surface area contributed by atoms with Crippen LogP contribution in [0.15, 0.2) is 23.4 Å². The van der Waals surface area contributed by atoms with Crippen LogP contribution in [0, 0.1) is 18.3 Å². The number of alkyl halides is 1. The Morgan fingerprint density at radius 1 is 1.50 bits per heavy atom. The van der Waals surface area contributed by atoms with Crippen LogP contribution >= 0.6 is 34.4 Å². The van der Waals surface area contributed by atoms with Crippen LogP contribution in [0.25, 0.3) is 5.52 Å². The van der Waals surface area contributed by atoms with Crippen LogP contribution in [0.3, 0.4) is 0 Å². The Hall–Kier alpha value is -0.800. The van der Waals surface area contributed by atoms with Crippen molar-refractivity contribution in [1.29, 1.82) is 0 Å². The average Bonchev–Trinajstić information content (AvgIpc) is 2.86. The van der Waals surface area contributed by atoms with Crippen molar-refractivity contribution in [2.75, 3.05) is 19.3 Å². The number of carbonyl (C=O) groups excluding carboxylic acids is 1. The first kappa shape index (κ1) is 18.6. The molecule has 4 rings (SSSR count). The van der Waals surface area contributed by atoms with Gasteiger partial charge in [0.25, 0.3) is 0 Å². The summed E-state index contributed by atoms with van der Waals surface area (Å²) in [6.45, 7) is 10.2. The molecule has 1 unspecified atom stereocenters. The molecule has 1 saturated heterocycles. The van der Waals surface area contributed by atoms with Gasteiger partial charge in [-0.25, -0.2) is 4.98 Å². The highest BCUT2D eigenvalue weighted by molar-refractivity contribution is 14.1. The maximum absolute atomic E-state index is 13.1. The zero-order valence-electron chi connectivity index (χ0n) is 15.8. The number of aromatic nitrogens is 2. The van der Waals surface area contributed by atoms with Gasteiger partial charge in [0.1, 0.15) is 10.9 Å². The number of nitrogens with one attached hydrogen (secondary N) is 2. The van der Waals surface area contributed by atoms with Gasteiger partial charge in [0.2, 0.25) is 5.91 Å². The molecule has 2 aliphatic rings. The monoisotopic (exact) mass is 484 g/mol. The van der Waals surface area contributed by atoms with Crippen molar-refractivity contribution in [2.45, 2.75) is 41.7 Å². The number of amides is 1. The van der Waals surface area contributed by atoms with Crippen LogP contribution in [0.2, 0.25) is 0 Å². The number of pyridine rings is 1. The number of aryl methyl sites for hydroxylation is 1. The molecule has 2 fully saturated rings. The van der Waals surface area contributed by atoms with E-state index < -0.39 is 5.54 Å². The number of carbonyl (C=O) groups is 1. The number of fused-ring (bicyclic) bond motifs is 2. The lowest BCUT2D eigenvalue weighted by Gasteiger charge is -2.26. The van der Waals surface area contributed by atoms with Crippen molar-refractivity contribution in [2.24, 2.45) is 11.3 Å². The van der Waals surface area contributed by atoms with Gasteiger partial charge in [-0.05, 0) is 38.7 Å². The minimum atomic E-state index is -0.546. The van der Waals surface area contributed by atoms with Gasteiger partial charge >= 0.3 is 0 Å². The smallest absolute Gasteiger partial charge is 0.225 e. The molecule has 140 valence electrons. The summed E-state index contributed by atoms with van der Waals surface area (Å²) < 4.78 is 2.17. The Morgan fingerprint density at radius 2 is 2.23 bits per heavy atom. The third kappa shape index (κ3) is 2.39. The van der Waals surface area contributed by atoms with E-state index in [1.54, 1.807) is 11.8 Å². The highest BCUT2D eigenvalue weighted by atomic mass is 127. The normalized spacial score (nSPS) is 30.5. The zero-order chi connectivity index (χ0) is 18.9. The second-order valence-corrected chi connectivity index (χ2v) is 11.0. The third-order valence-corrected chi connectivity index (χ3v) is 9.03. The topological polar surface area (TPSA) is 58.4 Å². The number of halogens is 1. The van der Waals surface area contributed by atoms with Gasteiger partial charge in [-0.2, -0.15) is 0 Å². The summed E-state index contributed by atoms with van der Waals surface area (Å²) in [5.74, 6) is 1.08. The molecule has 2 N–H and O–H groups in total. The molecule has 0 radical (unpaired) electrons. The second-order valence-electron chi connectivity index (χ2n) is 8.29. The molecule has 0 aromatic carbocycles. The number of nitrogens with zero attached hydrogens (tertiary/aromatic N) is 2. The maximum Gasteiger partial charge on any atom is 0.225 e. The van der Waals surface area contributed by atoms with Crippen LogP contribution in [0.4, 0.5) is 0 Å². The molecule has 0 spiro atoms. The van der Waals surface area contributed by atoms with Crippen molar-refractivity contribution < 1.29 is 4.79 Å². The van der Waals surface area contributed by atoms with Crippen molar-refractivity contribution in [3.63, 3.8) is 0 Å². The van der Waals surface area contributed by atoms with Crippen LogP contribution in [-0.4, -0.2) is 38.1 Å². The molecular formula is C19H25IN4OS. The van der Waals surface area contributed by atoms with Gasteiger partial charge in [0, 0.05) is 24.7 Å². The van der Waals surface area contributed by atoms with Gasteiger partial charge in [-0.1, -0.05) is 35.6 Å². The van der Waals surface area contributed by atoms with E-state index in [-0.39, 0.29) is 20.7 Å². The molecule has 2 aromatic rings. The van der Waals surface area contributed by atoms with Crippen molar-refractivity contribution in [3.8, 4) is 0 Å². The number of rotatable bonds is 4. The Morgan fingerprint density at radius 3 is 2.85 bits per heavy atom. The molecule has 1 amide bonds. The Labute approximate surface area is 172 Å². The molecule has 3 heterocycles. The Balaban J connectivity index is 1.67. The number of imidazole rings is 1. The quantitative estimate of drug-likeness (QED) is 0.398. The van der Waals surface area contributed by atoms with Gasteiger partial charge in [0.15, 0.2) is 0 Å². The highest BCUT2D eigenvalue weighted by Crippen LogP contribution is 2.69. The summed E-state index contributed by atoms with van der Waals surface area (Å²) in [4.78, 5) is 18.0. The summed E-state index contributed by atoms with van der Waals surface area (Å²) in [5, 5.41) is 7.72. The fourth-order valence-electron chi connectivity index (χ4n) is 4.55. The first-order chi connectivity index (χ1) is 12.2. The minimum Gasteiger partial charge on any atom is -0.344 e. The molecule has 1 aliphatic carbocycles. The third-order valence-electron chi connectivity index (χ3n) is 6.12. The van der Waals surface area contributed by atoms with Crippen LogP contribution in [0.5, 0.6) is 0 Å². The summed E-state index contributed by atoms with van der Waals surface area (Å²) in [5.41, 5.74) is 1.83. The summed E-state index contributed by atoms with van der Waals surface area (Å²) >= 11 is 4.13. The predicted octanol–water partition coefficient (Wildman–Crippen LogP) is 3.13. The second kappa shape index (κ2) is 5.85. The lowest BCUT2D eigenvalue weighted by atomic mass is 10.0. The van der Waals surface area contributed by atoms with E-state index in [1.165, 1.54) is 5.56 Å². The van der Waals surface area contributed by atoms with E-state index in [4.69, 9.17) is 4.98 Å². The Bertz CT molecular complexity index is 894. The van der Waals surface area contributed by atoms with Gasteiger partial charge in [0.05, 0.1) is 20.4 Å². The first-order valence-corrected chi connectivity index (χ1v) is 11.2. The molecule has 1 saturated carbocycles.